The molecule has 0 aromatic heterocycles. The van der Waals surface area contributed by atoms with Gasteiger partial charge in [0.05, 0.1) is 17.1 Å². The molecule has 2 unspecified atom stereocenters. The Morgan fingerprint density at radius 2 is 2.19 bits per heavy atom. The Hall–Kier alpha value is -2.15. The van der Waals surface area contributed by atoms with Gasteiger partial charge in [0.15, 0.2) is 0 Å². The Morgan fingerprint density at radius 3 is 2.81 bits per heavy atom. The van der Waals surface area contributed by atoms with Crippen LogP contribution in [0.15, 0.2) is 18.2 Å². The number of anilines is 1. The summed E-state index contributed by atoms with van der Waals surface area (Å²) in [5.41, 5.74) is 0.181. The maximum Gasteiger partial charge on any atom is 0.305 e. The van der Waals surface area contributed by atoms with Crippen molar-refractivity contribution < 1.29 is 14.5 Å². The third-order valence-electron chi connectivity index (χ3n) is 3.80. The van der Waals surface area contributed by atoms with E-state index in [4.69, 9.17) is 4.74 Å². The normalized spacial score (nSPS) is 21.0. The van der Waals surface area contributed by atoms with Crippen LogP contribution in [0.5, 0.6) is 0 Å². The van der Waals surface area contributed by atoms with Gasteiger partial charge in [-0.1, -0.05) is 6.07 Å². The number of ether oxygens (including phenoxy) is 1. The molecule has 2 atom stereocenters. The van der Waals surface area contributed by atoms with E-state index in [9.17, 15) is 14.9 Å². The highest BCUT2D eigenvalue weighted by atomic mass is 16.6. The molecule has 0 heterocycles. The van der Waals surface area contributed by atoms with Crippen molar-refractivity contribution >= 4 is 17.3 Å². The first-order chi connectivity index (χ1) is 10.1. The van der Waals surface area contributed by atoms with E-state index in [-0.39, 0.29) is 23.4 Å². The van der Waals surface area contributed by atoms with Crippen LogP contribution in [0.3, 0.4) is 0 Å². The van der Waals surface area contributed by atoms with Gasteiger partial charge in [-0.2, -0.15) is 0 Å². The third-order valence-corrected chi connectivity index (χ3v) is 3.80. The molecule has 0 spiro atoms. The lowest BCUT2D eigenvalue weighted by Gasteiger charge is -2.19. The van der Waals surface area contributed by atoms with Gasteiger partial charge in [0.2, 0.25) is 0 Å². The van der Waals surface area contributed by atoms with E-state index in [2.05, 4.69) is 10.6 Å². The molecule has 1 aliphatic rings. The first-order valence-electron chi connectivity index (χ1n) is 6.87. The smallest absolute Gasteiger partial charge is 0.305 e. The van der Waals surface area contributed by atoms with Crippen LogP contribution in [-0.4, -0.2) is 37.1 Å². The largest absolute Gasteiger partial charge is 0.383 e. The first kappa shape index (κ1) is 15.2. The van der Waals surface area contributed by atoms with E-state index in [1.165, 1.54) is 6.07 Å². The maximum absolute atomic E-state index is 12.4. The van der Waals surface area contributed by atoms with Gasteiger partial charge < -0.3 is 15.4 Å². The number of benzene rings is 1. The van der Waals surface area contributed by atoms with E-state index in [1.54, 1.807) is 26.3 Å². The molecule has 7 nitrogen and oxygen atoms in total. The zero-order chi connectivity index (χ0) is 15.4. The molecule has 2 N–H and O–H groups in total. The highest BCUT2D eigenvalue weighted by Gasteiger charge is 2.31. The van der Waals surface area contributed by atoms with E-state index in [1.807, 2.05) is 0 Å². The van der Waals surface area contributed by atoms with Crippen molar-refractivity contribution in [3.8, 4) is 0 Å². The van der Waals surface area contributed by atoms with Crippen molar-refractivity contribution in [3.63, 3.8) is 0 Å². The summed E-state index contributed by atoms with van der Waals surface area (Å²) < 4.78 is 5.32. The number of hydrogen-bond acceptors (Lipinski definition) is 5. The SMILES string of the molecule is CNc1cccc(C(=O)NC2CCCC2OC)c1[N+](=O)[O-]. The van der Waals surface area contributed by atoms with E-state index >= 15 is 0 Å². The summed E-state index contributed by atoms with van der Waals surface area (Å²) in [5, 5.41) is 16.8. The number of nitro benzene ring substituents is 1. The molecule has 1 aromatic rings. The predicted octanol–water partition coefficient (Wildman–Crippen LogP) is 1.93. The van der Waals surface area contributed by atoms with Gasteiger partial charge in [-0.15, -0.1) is 0 Å². The quantitative estimate of drug-likeness (QED) is 0.639. The minimum atomic E-state index is -0.538. The first-order valence-corrected chi connectivity index (χ1v) is 6.87. The van der Waals surface area contributed by atoms with Gasteiger partial charge in [0.1, 0.15) is 11.3 Å². The van der Waals surface area contributed by atoms with Gasteiger partial charge in [0, 0.05) is 14.2 Å². The number of methoxy groups -OCH3 is 1. The van der Waals surface area contributed by atoms with Crippen LogP contribution in [0, 0.1) is 10.1 Å². The number of carbonyl (C=O) groups is 1. The van der Waals surface area contributed by atoms with Crippen molar-refractivity contribution in [1.82, 2.24) is 5.32 Å². The van der Waals surface area contributed by atoms with Crippen molar-refractivity contribution in [2.75, 3.05) is 19.5 Å². The summed E-state index contributed by atoms with van der Waals surface area (Å²) in [5.74, 6) is -0.437. The molecule has 21 heavy (non-hydrogen) atoms. The van der Waals surface area contributed by atoms with Gasteiger partial charge in [-0.25, -0.2) is 0 Å². The highest BCUT2D eigenvalue weighted by Crippen LogP contribution is 2.29. The second-order valence-electron chi connectivity index (χ2n) is 4.99. The summed E-state index contributed by atoms with van der Waals surface area (Å²) in [4.78, 5) is 23.0. The zero-order valence-corrected chi connectivity index (χ0v) is 12.1. The van der Waals surface area contributed by atoms with Crippen molar-refractivity contribution in [2.45, 2.75) is 31.4 Å². The van der Waals surface area contributed by atoms with Crippen LogP contribution in [0.4, 0.5) is 11.4 Å². The van der Waals surface area contributed by atoms with Crippen LogP contribution in [-0.2, 0) is 4.74 Å². The minimum absolute atomic E-state index is 0.0273. The molecule has 0 aliphatic heterocycles. The molecular formula is C14H19N3O4. The number of nitrogens with zero attached hydrogens (tertiary/aromatic N) is 1. The molecular weight excluding hydrogens is 274 g/mol. The summed E-state index contributed by atoms with van der Waals surface area (Å²) >= 11 is 0. The Balaban J connectivity index is 2.25. The summed E-state index contributed by atoms with van der Waals surface area (Å²) in [6.07, 6.45) is 2.66. The van der Waals surface area contributed by atoms with Crippen molar-refractivity contribution in [3.05, 3.63) is 33.9 Å². The summed E-state index contributed by atoms with van der Waals surface area (Å²) in [7, 11) is 3.20. The van der Waals surface area contributed by atoms with Gasteiger partial charge in [-0.3, -0.25) is 14.9 Å². The fourth-order valence-electron chi connectivity index (χ4n) is 2.74. The second kappa shape index (κ2) is 6.53. The third kappa shape index (κ3) is 3.13. The average Bonchev–Trinajstić information content (AvgIpc) is 2.93. The number of carbonyl (C=O) groups excluding carboxylic acids is 1. The minimum Gasteiger partial charge on any atom is -0.383 e. The molecule has 0 saturated heterocycles. The summed E-state index contributed by atoms with van der Waals surface area (Å²) in [6, 6.07) is 4.56. The average molecular weight is 293 g/mol. The monoisotopic (exact) mass is 293 g/mol. The molecule has 1 amide bonds. The van der Waals surface area contributed by atoms with Crippen molar-refractivity contribution in [2.24, 2.45) is 0 Å². The van der Waals surface area contributed by atoms with Gasteiger partial charge >= 0.3 is 5.69 Å². The van der Waals surface area contributed by atoms with Crippen LogP contribution >= 0.6 is 0 Å². The topological polar surface area (TPSA) is 93.5 Å². The van der Waals surface area contributed by atoms with Crippen LogP contribution in [0.1, 0.15) is 29.6 Å². The fourth-order valence-corrected chi connectivity index (χ4v) is 2.74. The highest BCUT2D eigenvalue weighted by molar-refractivity contribution is 6.00. The zero-order valence-electron chi connectivity index (χ0n) is 12.1. The number of amides is 1. The Bertz CT molecular complexity index is 547. The lowest BCUT2D eigenvalue weighted by Crippen LogP contribution is -2.40. The standard InChI is InChI=1S/C14H19N3O4/c1-15-11-7-3-5-9(13(11)17(19)20)14(18)16-10-6-4-8-12(10)21-2/h3,5,7,10,12,15H,4,6,8H2,1-2H3,(H,16,18). The Kier molecular flexibility index (Phi) is 4.74. The van der Waals surface area contributed by atoms with E-state index in [0.717, 1.165) is 19.3 Å². The number of nitrogens with one attached hydrogen (secondary N) is 2. The summed E-state index contributed by atoms with van der Waals surface area (Å²) in [6.45, 7) is 0. The molecule has 0 bridgehead atoms. The Labute approximate surface area is 122 Å². The number of nitro groups is 1. The van der Waals surface area contributed by atoms with Gasteiger partial charge in [0.25, 0.3) is 5.91 Å². The maximum atomic E-state index is 12.4. The predicted molar refractivity (Wildman–Crippen MR) is 78.5 cm³/mol. The van der Waals surface area contributed by atoms with Crippen LogP contribution in [0.25, 0.3) is 0 Å². The number of rotatable bonds is 5. The molecule has 2 rings (SSSR count). The van der Waals surface area contributed by atoms with Gasteiger partial charge in [-0.05, 0) is 31.4 Å². The van der Waals surface area contributed by atoms with E-state index < -0.39 is 10.8 Å². The molecule has 1 fully saturated rings. The van der Waals surface area contributed by atoms with Crippen LogP contribution < -0.4 is 10.6 Å². The number of hydrogen-bond donors (Lipinski definition) is 2. The molecule has 114 valence electrons. The van der Waals surface area contributed by atoms with Crippen molar-refractivity contribution in [1.29, 1.82) is 0 Å². The molecule has 1 saturated carbocycles. The number of para-hydroxylation sites is 1. The van der Waals surface area contributed by atoms with E-state index in [0.29, 0.717) is 5.69 Å². The van der Waals surface area contributed by atoms with Crippen LogP contribution in [0.2, 0.25) is 0 Å². The molecule has 1 aromatic carbocycles. The lowest BCUT2D eigenvalue weighted by molar-refractivity contribution is -0.384. The Morgan fingerprint density at radius 1 is 1.43 bits per heavy atom. The second-order valence-corrected chi connectivity index (χ2v) is 4.99. The molecule has 7 heteroatoms. The molecule has 1 aliphatic carbocycles. The lowest BCUT2D eigenvalue weighted by atomic mass is 10.1. The fraction of sp³-hybridized carbons (Fsp3) is 0.500. The molecule has 0 radical (unpaired) electrons.